The highest BCUT2D eigenvalue weighted by Crippen LogP contribution is 2.43. The fourth-order valence-corrected chi connectivity index (χ4v) is 9.84. The average molecular weight is 971 g/mol. The number of phosphoric acid groups is 1. The third kappa shape index (κ3) is 52.9. The van der Waals surface area contributed by atoms with E-state index >= 15 is 0 Å². The molecule has 3 unspecified atom stereocenters. The predicted octanol–water partition coefficient (Wildman–Crippen LogP) is 17.8. The van der Waals surface area contributed by atoms with Crippen LogP contribution in [0.4, 0.5) is 0 Å². The van der Waals surface area contributed by atoms with E-state index in [0.29, 0.717) is 17.4 Å². The van der Waals surface area contributed by atoms with Crippen molar-refractivity contribution in [1.29, 1.82) is 0 Å². The number of quaternary nitrogens is 1. The summed E-state index contributed by atoms with van der Waals surface area (Å²) in [6.45, 7) is 4.87. The number of aliphatic hydroxyl groups is 1. The van der Waals surface area contributed by atoms with E-state index in [1.165, 1.54) is 250 Å². The summed E-state index contributed by atoms with van der Waals surface area (Å²) in [5.41, 5.74) is 0. The van der Waals surface area contributed by atoms with Gasteiger partial charge in [-0.1, -0.05) is 289 Å². The highest BCUT2D eigenvalue weighted by Gasteiger charge is 2.27. The van der Waals surface area contributed by atoms with Gasteiger partial charge in [0.1, 0.15) is 13.2 Å². The SMILES string of the molecule is CCCCCCCCCCCCCCCCCCCC/C=C/C(O)C(COP(=O)(O)OCC[N+](C)(C)C)NC(=O)CCCCCCCCCCCCCCCCCCCCCCCCCCC. The lowest BCUT2D eigenvalue weighted by atomic mass is 10.0. The Kier molecular flexibility index (Phi) is 49.6. The first kappa shape index (κ1) is 66.2. The van der Waals surface area contributed by atoms with E-state index in [1.54, 1.807) is 6.08 Å². The standard InChI is InChI=1S/C58H117N2O6P/c1-6-8-10-12-14-16-18-20-22-24-26-28-29-30-31-32-34-36-38-40-42-44-46-48-50-52-58(62)59-56(55-66-67(63,64)65-54-53-60(3,4)5)57(61)51-49-47-45-43-41-39-37-35-33-27-25-23-21-19-17-15-13-11-9-7-2/h49,51,56-57,61H,6-48,50,52-55H2,1-5H3,(H-,59,62,63,64)/p+1/b51-49+. The zero-order valence-electron chi connectivity index (χ0n) is 45.7. The lowest BCUT2D eigenvalue weighted by Crippen LogP contribution is -2.45. The van der Waals surface area contributed by atoms with Crippen LogP contribution in [0.2, 0.25) is 0 Å². The van der Waals surface area contributed by atoms with E-state index in [4.69, 9.17) is 9.05 Å². The Hall–Kier alpha value is -0.760. The number of nitrogens with one attached hydrogen (secondary N) is 1. The summed E-state index contributed by atoms with van der Waals surface area (Å²) in [4.78, 5) is 23.3. The normalized spacial score (nSPS) is 14.0. The van der Waals surface area contributed by atoms with Gasteiger partial charge in [-0.15, -0.1) is 0 Å². The molecule has 8 nitrogen and oxygen atoms in total. The highest BCUT2D eigenvalue weighted by molar-refractivity contribution is 7.47. The number of carbonyl (C=O) groups is 1. The molecule has 1 amide bonds. The van der Waals surface area contributed by atoms with E-state index < -0.39 is 20.0 Å². The van der Waals surface area contributed by atoms with Gasteiger partial charge in [0.25, 0.3) is 0 Å². The monoisotopic (exact) mass is 970 g/mol. The van der Waals surface area contributed by atoms with Crippen molar-refractivity contribution in [3.8, 4) is 0 Å². The molecule has 67 heavy (non-hydrogen) atoms. The first-order valence-electron chi connectivity index (χ1n) is 29.6. The van der Waals surface area contributed by atoms with E-state index in [9.17, 15) is 19.4 Å². The maximum Gasteiger partial charge on any atom is 0.472 e. The van der Waals surface area contributed by atoms with Crippen LogP contribution in [0.25, 0.3) is 0 Å². The molecule has 400 valence electrons. The Morgan fingerprint density at radius 1 is 0.493 bits per heavy atom. The van der Waals surface area contributed by atoms with Gasteiger partial charge in [-0.2, -0.15) is 0 Å². The number of unbranched alkanes of at least 4 members (excludes halogenated alkanes) is 42. The summed E-state index contributed by atoms with van der Waals surface area (Å²) in [7, 11) is 1.59. The predicted molar refractivity (Wildman–Crippen MR) is 291 cm³/mol. The Bertz CT molecular complexity index is 1100. The van der Waals surface area contributed by atoms with Crippen molar-refractivity contribution in [2.45, 2.75) is 315 Å². The molecule has 0 spiro atoms. The van der Waals surface area contributed by atoms with Crippen molar-refractivity contribution in [1.82, 2.24) is 5.32 Å². The molecule has 0 aromatic heterocycles. The van der Waals surface area contributed by atoms with Crippen LogP contribution in [0.15, 0.2) is 12.2 Å². The molecule has 0 aliphatic rings. The van der Waals surface area contributed by atoms with Crippen LogP contribution in [0.1, 0.15) is 303 Å². The molecule has 0 bridgehead atoms. The molecule has 0 saturated carbocycles. The number of likely N-dealkylation sites (N-methyl/N-ethyl adjacent to an activating group) is 1. The lowest BCUT2D eigenvalue weighted by Gasteiger charge is -2.25. The Morgan fingerprint density at radius 3 is 1.10 bits per heavy atom. The van der Waals surface area contributed by atoms with Gasteiger partial charge < -0.3 is 19.8 Å². The molecule has 3 N–H and O–H groups in total. The highest BCUT2D eigenvalue weighted by atomic mass is 31.2. The van der Waals surface area contributed by atoms with Crippen LogP contribution >= 0.6 is 7.82 Å². The molecule has 0 radical (unpaired) electrons. The van der Waals surface area contributed by atoms with Gasteiger partial charge >= 0.3 is 7.82 Å². The van der Waals surface area contributed by atoms with E-state index in [2.05, 4.69) is 19.2 Å². The van der Waals surface area contributed by atoms with Gasteiger partial charge in [-0.25, -0.2) is 4.57 Å². The number of nitrogens with zero attached hydrogens (tertiary/aromatic N) is 1. The maximum absolute atomic E-state index is 13.0. The van der Waals surface area contributed by atoms with E-state index in [-0.39, 0.29) is 19.1 Å². The van der Waals surface area contributed by atoms with Crippen molar-refractivity contribution >= 4 is 13.7 Å². The summed E-state index contributed by atoms with van der Waals surface area (Å²) in [5.74, 6) is -0.169. The molecule has 3 atom stereocenters. The molecule has 0 heterocycles. The summed E-state index contributed by atoms with van der Waals surface area (Å²) < 4.78 is 23.7. The molecule has 0 aromatic carbocycles. The quantitative estimate of drug-likeness (QED) is 0.0243. The molecule has 0 fully saturated rings. The number of hydrogen-bond donors (Lipinski definition) is 3. The first-order chi connectivity index (χ1) is 32.5. The maximum atomic E-state index is 13.0. The van der Waals surface area contributed by atoms with Crippen LogP contribution < -0.4 is 5.32 Å². The summed E-state index contributed by atoms with van der Waals surface area (Å²) >= 11 is 0. The Balaban J connectivity index is 4.15. The minimum atomic E-state index is -4.34. The minimum Gasteiger partial charge on any atom is -0.387 e. The van der Waals surface area contributed by atoms with Gasteiger partial charge in [0, 0.05) is 6.42 Å². The summed E-state index contributed by atoms with van der Waals surface area (Å²) in [5, 5.41) is 14.0. The van der Waals surface area contributed by atoms with E-state index in [1.807, 2.05) is 27.2 Å². The molecular formula is C58H118N2O6P+. The van der Waals surface area contributed by atoms with Crippen LogP contribution in [0.5, 0.6) is 0 Å². The molecule has 0 aliphatic carbocycles. The van der Waals surface area contributed by atoms with Gasteiger partial charge in [-0.3, -0.25) is 13.8 Å². The van der Waals surface area contributed by atoms with Gasteiger partial charge in [0.15, 0.2) is 0 Å². The van der Waals surface area contributed by atoms with Crippen LogP contribution in [0, 0.1) is 0 Å². The molecule has 0 aliphatic heterocycles. The molecule has 0 saturated heterocycles. The molecular weight excluding hydrogens is 852 g/mol. The number of hydrogen-bond acceptors (Lipinski definition) is 5. The second-order valence-electron chi connectivity index (χ2n) is 21.7. The third-order valence-corrected chi connectivity index (χ3v) is 14.7. The third-order valence-electron chi connectivity index (χ3n) is 13.8. The zero-order chi connectivity index (χ0) is 49.2. The first-order valence-corrected chi connectivity index (χ1v) is 31.1. The number of phosphoric ester groups is 1. The largest absolute Gasteiger partial charge is 0.472 e. The number of amides is 1. The molecule has 0 rings (SSSR count). The van der Waals surface area contributed by atoms with Crippen LogP contribution in [0.3, 0.4) is 0 Å². The smallest absolute Gasteiger partial charge is 0.387 e. The van der Waals surface area contributed by atoms with E-state index in [0.717, 1.165) is 32.1 Å². The number of allylic oxidation sites excluding steroid dienone is 1. The Morgan fingerprint density at radius 2 is 0.791 bits per heavy atom. The van der Waals surface area contributed by atoms with Gasteiger partial charge in [-0.05, 0) is 19.3 Å². The van der Waals surface area contributed by atoms with Crippen molar-refractivity contribution in [3.63, 3.8) is 0 Å². The minimum absolute atomic E-state index is 0.0652. The second-order valence-corrected chi connectivity index (χ2v) is 23.2. The molecule has 9 heteroatoms. The zero-order valence-corrected chi connectivity index (χ0v) is 46.6. The fourth-order valence-electron chi connectivity index (χ4n) is 9.10. The van der Waals surface area contributed by atoms with Gasteiger partial charge in [0.05, 0.1) is 39.9 Å². The summed E-state index contributed by atoms with van der Waals surface area (Å²) in [6.07, 6.45) is 61.7. The van der Waals surface area contributed by atoms with Crippen molar-refractivity contribution < 1.29 is 32.9 Å². The van der Waals surface area contributed by atoms with Crippen molar-refractivity contribution in [2.75, 3.05) is 40.9 Å². The van der Waals surface area contributed by atoms with Crippen LogP contribution in [-0.4, -0.2) is 73.4 Å². The Labute approximate surface area is 418 Å². The average Bonchev–Trinajstić information content (AvgIpc) is 3.29. The summed E-state index contributed by atoms with van der Waals surface area (Å²) in [6, 6.07) is -0.842. The van der Waals surface area contributed by atoms with Crippen LogP contribution in [-0.2, 0) is 18.4 Å². The topological polar surface area (TPSA) is 105 Å². The molecule has 0 aromatic rings. The second kappa shape index (κ2) is 50.2. The van der Waals surface area contributed by atoms with Gasteiger partial charge in [0.2, 0.25) is 5.91 Å². The van der Waals surface area contributed by atoms with Crippen molar-refractivity contribution in [2.24, 2.45) is 0 Å². The number of carbonyl (C=O) groups excluding carboxylic acids is 1. The number of rotatable bonds is 55. The fraction of sp³-hybridized carbons (Fsp3) is 0.948. The van der Waals surface area contributed by atoms with Crippen molar-refractivity contribution in [3.05, 3.63) is 12.2 Å². The number of aliphatic hydroxyl groups excluding tert-OH is 1. The lowest BCUT2D eigenvalue weighted by molar-refractivity contribution is -0.870.